The van der Waals surface area contributed by atoms with E-state index >= 15 is 0 Å². The molecule has 0 radical (unpaired) electrons. The Bertz CT molecular complexity index is 572. The first-order valence-electron chi connectivity index (χ1n) is 8.75. The number of anilines is 1. The fraction of sp³-hybridized carbons (Fsp3) is 0.667. The Hall–Kier alpha value is -1.66. The Balaban J connectivity index is 1.61. The van der Waals surface area contributed by atoms with Crippen LogP contribution in [-0.2, 0) is 16.1 Å². The number of ether oxygens (including phenoxy) is 1. The fourth-order valence-electron chi connectivity index (χ4n) is 3.60. The molecule has 1 amide bonds. The molecule has 0 bridgehead atoms. The van der Waals surface area contributed by atoms with Crippen LogP contribution in [0.5, 0.6) is 0 Å². The topological polar surface area (TPSA) is 48.9 Å². The summed E-state index contributed by atoms with van der Waals surface area (Å²) in [4.78, 5) is 23.5. The second kappa shape index (κ2) is 7.49. The highest BCUT2D eigenvalue weighted by molar-refractivity contribution is 5.79. The normalized spacial score (nSPS) is 25.0. The minimum atomic E-state index is 0.109. The molecule has 2 atom stereocenters. The standard InChI is InChI=1S/C18H28N4O2/c1-14-11-21(12-15-4-5-19-17(10-15)20(2)3)13-16(14)18(23)22-6-8-24-9-7-22/h4-5,10,14,16H,6-9,11-13H2,1-3H3/t14-,16-/m1/s1. The number of carbonyl (C=O) groups is 1. The van der Waals surface area contributed by atoms with Crippen molar-refractivity contribution in [1.29, 1.82) is 0 Å². The minimum absolute atomic E-state index is 0.109. The van der Waals surface area contributed by atoms with Gasteiger partial charge in [-0.25, -0.2) is 4.98 Å². The van der Waals surface area contributed by atoms with E-state index in [0.29, 0.717) is 25.0 Å². The summed E-state index contributed by atoms with van der Waals surface area (Å²) in [6.45, 7) is 7.69. The largest absolute Gasteiger partial charge is 0.378 e. The molecule has 0 spiro atoms. The summed E-state index contributed by atoms with van der Waals surface area (Å²) >= 11 is 0. The van der Waals surface area contributed by atoms with Crippen LogP contribution in [0.25, 0.3) is 0 Å². The monoisotopic (exact) mass is 332 g/mol. The van der Waals surface area contributed by atoms with E-state index in [9.17, 15) is 4.79 Å². The smallest absolute Gasteiger partial charge is 0.227 e. The molecule has 0 saturated carbocycles. The third kappa shape index (κ3) is 3.87. The summed E-state index contributed by atoms with van der Waals surface area (Å²) in [5.74, 6) is 1.78. The van der Waals surface area contributed by atoms with Crippen molar-refractivity contribution in [1.82, 2.24) is 14.8 Å². The van der Waals surface area contributed by atoms with Crippen molar-refractivity contribution in [3.8, 4) is 0 Å². The molecular formula is C18H28N4O2. The minimum Gasteiger partial charge on any atom is -0.378 e. The van der Waals surface area contributed by atoms with E-state index in [2.05, 4.69) is 28.9 Å². The first-order chi connectivity index (χ1) is 11.5. The quantitative estimate of drug-likeness (QED) is 0.826. The molecule has 2 aliphatic heterocycles. The van der Waals surface area contributed by atoms with E-state index in [0.717, 1.165) is 38.5 Å². The van der Waals surface area contributed by atoms with Gasteiger partial charge in [0.15, 0.2) is 0 Å². The number of likely N-dealkylation sites (tertiary alicyclic amines) is 1. The van der Waals surface area contributed by atoms with Gasteiger partial charge >= 0.3 is 0 Å². The Morgan fingerprint density at radius 1 is 1.33 bits per heavy atom. The average Bonchev–Trinajstić information content (AvgIpc) is 2.95. The average molecular weight is 332 g/mol. The Kier molecular flexibility index (Phi) is 5.36. The zero-order valence-corrected chi connectivity index (χ0v) is 14.9. The predicted octanol–water partition coefficient (Wildman–Crippen LogP) is 1.07. The van der Waals surface area contributed by atoms with Crippen LogP contribution in [0.3, 0.4) is 0 Å². The first kappa shape index (κ1) is 17.2. The Morgan fingerprint density at radius 3 is 2.79 bits per heavy atom. The molecule has 2 saturated heterocycles. The van der Waals surface area contributed by atoms with Crippen molar-refractivity contribution in [3.05, 3.63) is 23.9 Å². The van der Waals surface area contributed by atoms with Crippen molar-refractivity contribution in [2.45, 2.75) is 13.5 Å². The SMILES string of the molecule is C[C@@H]1CN(Cc2ccnc(N(C)C)c2)C[C@H]1C(=O)N1CCOCC1. The highest BCUT2D eigenvalue weighted by Gasteiger charge is 2.37. The van der Waals surface area contributed by atoms with Gasteiger partial charge in [-0.05, 0) is 23.6 Å². The lowest BCUT2D eigenvalue weighted by molar-refractivity contribution is -0.140. The molecule has 6 nitrogen and oxygen atoms in total. The van der Waals surface area contributed by atoms with Gasteiger partial charge in [-0.2, -0.15) is 0 Å². The molecule has 1 aromatic rings. The maximum Gasteiger partial charge on any atom is 0.227 e. The number of pyridine rings is 1. The lowest BCUT2D eigenvalue weighted by Gasteiger charge is -2.30. The lowest BCUT2D eigenvalue weighted by atomic mass is 9.96. The highest BCUT2D eigenvalue weighted by Crippen LogP contribution is 2.27. The van der Waals surface area contributed by atoms with Crippen LogP contribution in [0.4, 0.5) is 5.82 Å². The summed E-state index contributed by atoms with van der Waals surface area (Å²) < 4.78 is 5.36. The number of hydrogen-bond donors (Lipinski definition) is 0. The number of hydrogen-bond acceptors (Lipinski definition) is 5. The number of rotatable bonds is 4. The van der Waals surface area contributed by atoms with Gasteiger partial charge in [0.1, 0.15) is 5.82 Å². The molecule has 3 rings (SSSR count). The van der Waals surface area contributed by atoms with Crippen LogP contribution >= 0.6 is 0 Å². The van der Waals surface area contributed by atoms with Crippen molar-refractivity contribution >= 4 is 11.7 Å². The maximum absolute atomic E-state index is 12.8. The molecule has 132 valence electrons. The second-order valence-electron chi connectivity index (χ2n) is 7.13. The third-order valence-corrected chi connectivity index (χ3v) is 5.00. The molecule has 0 aromatic carbocycles. The van der Waals surface area contributed by atoms with Gasteiger partial charge in [0.2, 0.25) is 5.91 Å². The van der Waals surface area contributed by atoms with Crippen LogP contribution in [0, 0.1) is 11.8 Å². The molecule has 6 heteroatoms. The van der Waals surface area contributed by atoms with Gasteiger partial charge in [0.25, 0.3) is 0 Å². The molecule has 24 heavy (non-hydrogen) atoms. The number of morpholine rings is 1. The van der Waals surface area contributed by atoms with Crippen LogP contribution in [0.2, 0.25) is 0 Å². The lowest BCUT2D eigenvalue weighted by Crippen LogP contribution is -2.45. The zero-order chi connectivity index (χ0) is 17.1. The summed E-state index contributed by atoms with van der Waals surface area (Å²) in [7, 11) is 4.00. The van der Waals surface area contributed by atoms with E-state index < -0.39 is 0 Å². The second-order valence-corrected chi connectivity index (χ2v) is 7.13. The molecule has 2 fully saturated rings. The number of aromatic nitrogens is 1. The summed E-state index contributed by atoms with van der Waals surface area (Å²) in [5.41, 5.74) is 1.25. The Morgan fingerprint density at radius 2 is 2.08 bits per heavy atom. The maximum atomic E-state index is 12.8. The van der Waals surface area contributed by atoms with Crippen LogP contribution < -0.4 is 4.90 Å². The molecule has 0 unspecified atom stereocenters. The van der Waals surface area contributed by atoms with E-state index in [1.165, 1.54) is 5.56 Å². The van der Waals surface area contributed by atoms with Crippen LogP contribution in [0.1, 0.15) is 12.5 Å². The summed E-state index contributed by atoms with van der Waals surface area (Å²) in [5, 5.41) is 0. The van der Waals surface area contributed by atoms with Gasteiger partial charge in [-0.1, -0.05) is 6.92 Å². The third-order valence-electron chi connectivity index (χ3n) is 5.00. The van der Waals surface area contributed by atoms with Crippen molar-refractivity contribution in [2.24, 2.45) is 11.8 Å². The highest BCUT2D eigenvalue weighted by atomic mass is 16.5. The van der Waals surface area contributed by atoms with Crippen molar-refractivity contribution in [3.63, 3.8) is 0 Å². The van der Waals surface area contributed by atoms with Gasteiger partial charge in [-0.3, -0.25) is 9.69 Å². The van der Waals surface area contributed by atoms with E-state index in [4.69, 9.17) is 4.74 Å². The molecular weight excluding hydrogens is 304 g/mol. The van der Waals surface area contributed by atoms with E-state index in [-0.39, 0.29) is 5.92 Å². The Labute approximate surface area is 144 Å². The predicted molar refractivity (Wildman–Crippen MR) is 93.9 cm³/mol. The van der Waals surface area contributed by atoms with Gasteiger partial charge in [0, 0.05) is 53.0 Å². The van der Waals surface area contributed by atoms with E-state index in [1.54, 1.807) is 0 Å². The number of amides is 1. The van der Waals surface area contributed by atoms with Crippen LogP contribution in [0.15, 0.2) is 18.3 Å². The summed E-state index contributed by atoms with van der Waals surface area (Å²) in [6.07, 6.45) is 1.86. The number of carbonyl (C=O) groups excluding carboxylic acids is 1. The first-order valence-corrected chi connectivity index (χ1v) is 8.75. The van der Waals surface area contributed by atoms with Gasteiger partial charge in [-0.15, -0.1) is 0 Å². The number of nitrogens with zero attached hydrogens (tertiary/aromatic N) is 4. The zero-order valence-electron chi connectivity index (χ0n) is 14.9. The summed E-state index contributed by atoms with van der Waals surface area (Å²) in [6, 6.07) is 4.19. The van der Waals surface area contributed by atoms with Gasteiger partial charge < -0.3 is 14.5 Å². The molecule has 1 aromatic heterocycles. The van der Waals surface area contributed by atoms with Crippen molar-refractivity contribution < 1.29 is 9.53 Å². The van der Waals surface area contributed by atoms with Crippen molar-refractivity contribution in [2.75, 3.05) is 58.4 Å². The fourth-order valence-corrected chi connectivity index (χ4v) is 3.60. The molecule has 0 aliphatic carbocycles. The van der Waals surface area contributed by atoms with Crippen LogP contribution in [-0.4, -0.2) is 74.2 Å². The molecule has 3 heterocycles. The molecule has 2 aliphatic rings. The van der Waals surface area contributed by atoms with Gasteiger partial charge in [0.05, 0.1) is 19.1 Å². The van der Waals surface area contributed by atoms with E-state index in [1.807, 2.05) is 30.1 Å². The molecule has 0 N–H and O–H groups in total.